The predicted molar refractivity (Wildman–Crippen MR) is 137 cm³/mol. The van der Waals surface area contributed by atoms with E-state index in [1.807, 2.05) is 24.0 Å². The second-order valence-corrected chi connectivity index (χ2v) is 7.73. The average molecular weight is 530 g/mol. The van der Waals surface area contributed by atoms with Crippen molar-refractivity contribution in [2.75, 3.05) is 20.1 Å². The molecule has 0 radical (unpaired) electrons. The predicted octanol–water partition coefficient (Wildman–Crippen LogP) is 3.82. The minimum Gasteiger partial charge on any atom is -0.354 e. The first-order valence-electron chi connectivity index (χ1n) is 10.6. The van der Waals surface area contributed by atoms with Gasteiger partial charge < -0.3 is 10.6 Å². The molecule has 31 heavy (non-hydrogen) atoms. The monoisotopic (exact) mass is 530 g/mol. The third-order valence-corrected chi connectivity index (χ3v) is 5.54. The number of guanidine groups is 1. The molecule has 1 aliphatic heterocycles. The summed E-state index contributed by atoms with van der Waals surface area (Å²) in [4.78, 5) is 6.95. The molecular weight excluding hydrogens is 499 g/mol. The number of piperidine rings is 1. The summed E-state index contributed by atoms with van der Waals surface area (Å²) >= 11 is 0. The maximum absolute atomic E-state index is 4.42. The van der Waals surface area contributed by atoms with Gasteiger partial charge >= 0.3 is 0 Å². The van der Waals surface area contributed by atoms with Crippen LogP contribution in [0.15, 0.2) is 78.0 Å². The molecule has 2 heterocycles. The summed E-state index contributed by atoms with van der Waals surface area (Å²) in [6.07, 6.45) is 6.00. The molecule has 1 aromatic heterocycles. The van der Waals surface area contributed by atoms with E-state index in [2.05, 4.69) is 80.2 Å². The van der Waals surface area contributed by atoms with Gasteiger partial charge in [-0.2, -0.15) is 5.10 Å². The fourth-order valence-electron chi connectivity index (χ4n) is 3.88. The summed E-state index contributed by atoms with van der Waals surface area (Å²) in [5.41, 5.74) is 3.65. The van der Waals surface area contributed by atoms with Crippen molar-refractivity contribution in [2.24, 2.45) is 4.99 Å². The van der Waals surface area contributed by atoms with Crippen LogP contribution in [-0.4, -0.2) is 46.8 Å². The normalized spacial score (nSPS) is 15.3. The average Bonchev–Trinajstić information content (AvgIpc) is 3.34. The highest BCUT2D eigenvalue weighted by Crippen LogP contribution is 2.14. The van der Waals surface area contributed by atoms with Gasteiger partial charge in [0.25, 0.3) is 0 Å². The third-order valence-electron chi connectivity index (χ3n) is 5.54. The van der Waals surface area contributed by atoms with Gasteiger partial charge in [-0.1, -0.05) is 42.5 Å². The van der Waals surface area contributed by atoms with Crippen molar-refractivity contribution < 1.29 is 0 Å². The smallest absolute Gasteiger partial charge is 0.191 e. The van der Waals surface area contributed by atoms with Crippen molar-refractivity contribution in [1.82, 2.24) is 25.3 Å². The van der Waals surface area contributed by atoms with E-state index in [1.54, 1.807) is 6.20 Å². The van der Waals surface area contributed by atoms with Crippen molar-refractivity contribution in [2.45, 2.75) is 32.0 Å². The Kier molecular flexibility index (Phi) is 8.90. The van der Waals surface area contributed by atoms with E-state index in [4.69, 9.17) is 0 Å². The quantitative estimate of drug-likeness (QED) is 0.289. The summed E-state index contributed by atoms with van der Waals surface area (Å²) in [5.74, 6) is 0.862. The Morgan fingerprint density at radius 2 is 1.81 bits per heavy atom. The molecule has 0 unspecified atom stereocenters. The van der Waals surface area contributed by atoms with Crippen LogP contribution in [-0.2, 0) is 13.1 Å². The van der Waals surface area contributed by atoms with E-state index in [1.165, 1.54) is 11.1 Å². The molecule has 1 saturated heterocycles. The first kappa shape index (κ1) is 23.3. The van der Waals surface area contributed by atoms with E-state index in [-0.39, 0.29) is 24.0 Å². The van der Waals surface area contributed by atoms with Crippen molar-refractivity contribution >= 4 is 29.9 Å². The number of nitrogens with zero attached hydrogens (tertiary/aromatic N) is 4. The Balaban J connectivity index is 0.00000272. The lowest BCUT2D eigenvalue weighted by atomic mass is 10.0. The number of hydrogen-bond acceptors (Lipinski definition) is 3. The molecule has 0 amide bonds. The maximum Gasteiger partial charge on any atom is 0.191 e. The number of rotatable bonds is 6. The standard InChI is InChI=1S/C24H30N6.HI/c1-25-24(26-18-21-9-5-10-23(17-21)30-14-6-13-27-30)28-22-11-15-29(16-12-22)19-20-7-3-2-4-8-20;/h2-10,13-14,17,22H,11-12,15-16,18-19H2,1H3,(H2,25,26,28);1H. The highest BCUT2D eigenvalue weighted by molar-refractivity contribution is 14.0. The summed E-state index contributed by atoms with van der Waals surface area (Å²) in [6, 6.07) is 21.5. The Hall–Kier alpha value is -2.39. The van der Waals surface area contributed by atoms with Gasteiger partial charge in [0, 0.05) is 51.7 Å². The number of hydrogen-bond donors (Lipinski definition) is 2. The molecule has 2 aromatic carbocycles. The van der Waals surface area contributed by atoms with Crippen LogP contribution in [0.5, 0.6) is 0 Å². The number of likely N-dealkylation sites (tertiary alicyclic amines) is 1. The lowest BCUT2D eigenvalue weighted by Gasteiger charge is -2.33. The summed E-state index contributed by atoms with van der Waals surface area (Å²) in [5, 5.41) is 11.4. The minimum atomic E-state index is 0. The topological polar surface area (TPSA) is 57.5 Å². The van der Waals surface area contributed by atoms with Crippen LogP contribution in [0.3, 0.4) is 0 Å². The van der Waals surface area contributed by atoms with Crippen molar-refractivity contribution in [3.05, 3.63) is 84.2 Å². The lowest BCUT2D eigenvalue weighted by molar-refractivity contribution is 0.198. The second kappa shape index (κ2) is 11.9. The maximum atomic E-state index is 4.42. The van der Waals surface area contributed by atoms with E-state index in [0.29, 0.717) is 6.04 Å². The number of benzene rings is 2. The Bertz CT molecular complexity index is 934. The van der Waals surface area contributed by atoms with Crippen LogP contribution in [0.1, 0.15) is 24.0 Å². The van der Waals surface area contributed by atoms with Crippen LogP contribution < -0.4 is 10.6 Å². The molecule has 3 aromatic rings. The molecule has 0 saturated carbocycles. The molecule has 0 aliphatic carbocycles. The largest absolute Gasteiger partial charge is 0.354 e. The van der Waals surface area contributed by atoms with Gasteiger partial charge in [-0.3, -0.25) is 9.89 Å². The molecule has 4 rings (SSSR count). The molecule has 0 bridgehead atoms. The molecular formula is C24H31IN6. The minimum absolute atomic E-state index is 0. The Morgan fingerprint density at radius 1 is 1.03 bits per heavy atom. The zero-order valence-electron chi connectivity index (χ0n) is 17.9. The summed E-state index contributed by atoms with van der Waals surface area (Å²) < 4.78 is 1.87. The van der Waals surface area contributed by atoms with Crippen LogP contribution in [0.2, 0.25) is 0 Å². The molecule has 0 spiro atoms. The van der Waals surface area contributed by atoms with Gasteiger partial charge in [-0.25, -0.2) is 4.68 Å². The van der Waals surface area contributed by atoms with Crippen molar-refractivity contribution in [3.8, 4) is 5.69 Å². The number of halogens is 1. The number of aliphatic imine (C=N–C) groups is 1. The van der Waals surface area contributed by atoms with Gasteiger partial charge in [0.2, 0.25) is 0 Å². The van der Waals surface area contributed by atoms with Gasteiger partial charge in [0.1, 0.15) is 0 Å². The van der Waals surface area contributed by atoms with Gasteiger partial charge in [-0.15, -0.1) is 24.0 Å². The van der Waals surface area contributed by atoms with Gasteiger partial charge in [0.05, 0.1) is 5.69 Å². The Labute approximate surface area is 201 Å². The van der Waals surface area contributed by atoms with E-state index in [9.17, 15) is 0 Å². The van der Waals surface area contributed by atoms with Crippen molar-refractivity contribution in [3.63, 3.8) is 0 Å². The van der Waals surface area contributed by atoms with Crippen LogP contribution in [0.4, 0.5) is 0 Å². The van der Waals surface area contributed by atoms with E-state index in [0.717, 1.165) is 50.7 Å². The van der Waals surface area contributed by atoms with Crippen LogP contribution in [0, 0.1) is 0 Å². The van der Waals surface area contributed by atoms with Crippen LogP contribution >= 0.6 is 24.0 Å². The van der Waals surface area contributed by atoms with Crippen LogP contribution in [0.25, 0.3) is 5.69 Å². The molecule has 2 N–H and O–H groups in total. The second-order valence-electron chi connectivity index (χ2n) is 7.73. The van der Waals surface area contributed by atoms with Gasteiger partial charge in [0.15, 0.2) is 5.96 Å². The Morgan fingerprint density at radius 3 is 2.52 bits per heavy atom. The first-order valence-corrected chi connectivity index (χ1v) is 10.6. The fraction of sp³-hybridized carbons (Fsp3) is 0.333. The van der Waals surface area contributed by atoms with Gasteiger partial charge in [-0.05, 0) is 42.2 Å². The fourth-order valence-corrected chi connectivity index (χ4v) is 3.88. The molecule has 1 fully saturated rings. The zero-order valence-corrected chi connectivity index (χ0v) is 20.3. The SMILES string of the molecule is CN=C(NCc1cccc(-n2cccn2)c1)NC1CCN(Cc2ccccc2)CC1.I. The molecule has 6 nitrogen and oxygen atoms in total. The highest BCUT2D eigenvalue weighted by atomic mass is 127. The summed E-state index contributed by atoms with van der Waals surface area (Å²) in [6.45, 7) is 3.97. The lowest BCUT2D eigenvalue weighted by Crippen LogP contribution is -2.48. The molecule has 164 valence electrons. The van der Waals surface area contributed by atoms with E-state index < -0.39 is 0 Å². The highest BCUT2D eigenvalue weighted by Gasteiger charge is 2.20. The van der Waals surface area contributed by atoms with Crippen molar-refractivity contribution in [1.29, 1.82) is 0 Å². The molecule has 0 atom stereocenters. The van der Waals surface area contributed by atoms with E-state index >= 15 is 0 Å². The summed E-state index contributed by atoms with van der Waals surface area (Å²) in [7, 11) is 1.83. The first-order chi connectivity index (χ1) is 14.8. The molecule has 7 heteroatoms. The zero-order chi connectivity index (χ0) is 20.6. The number of nitrogens with one attached hydrogen (secondary N) is 2. The molecule has 1 aliphatic rings. The number of aromatic nitrogens is 2. The third kappa shape index (κ3) is 6.80.